The van der Waals surface area contributed by atoms with Crippen LogP contribution in [0.3, 0.4) is 0 Å². The van der Waals surface area contributed by atoms with E-state index in [0.717, 1.165) is 16.7 Å². The highest BCUT2D eigenvalue weighted by Crippen LogP contribution is 2.29. The van der Waals surface area contributed by atoms with Crippen molar-refractivity contribution in [3.63, 3.8) is 0 Å². The maximum Gasteiger partial charge on any atom is 0.338 e. The molecule has 23 heavy (non-hydrogen) atoms. The fourth-order valence-corrected chi connectivity index (χ4v) is 2.46. The first-order chi connectivity index (χ1) is 11.1. The Balaban J connectivity index is 2.53. The molecule has 0 heterocycles. The summed E-state index contributed by atoms with van der Waals surface area (Å²) < 4.78 is 10.2. The van der Waals surface area contributed by atoms with Gasteiger partial charge in [0.2, 0.25) is 0 Å². The number of carbonyl (C=O) groups excluding carboxylic acids is 2. The van der Waals surface area contributed by atoms with Crippen LogP contribution >= 0.6 is 0 Å². The van der Waals surface area contributed by atoms with Gasteiger partial charge in [0.05, 0.1) is 24.3 Å². The smallest absolute Gasteiger partial charge is 0.338 e. The molecule has 2 aromatic carbocycles. The van der Waals surface area contributed by atoms with Crippen molar-refractivity contribution in [2.24, 2.45) is 0 Å². The SMILES string of the molecule is CCOC(=O)c1ccccc1-c1cccc(C(=O)OCC)c1C. The topological polar surface area (TPSA) is 52.6 Å². The number of esters is 2. The van der Waals surface area contributed by atoms with E-state index in [1.807, 2.05) is 25.1 Å². The van der Waals surface area contributed by atoms with Crippen LogP contribution in [-0.2, 0) is 9.47 Å². The maximum atomic E-state index is 12.2. The van der Waals surface area contributed by atoms with Crippen LogP contribution in [0.1, 0.15) is 40.1 Å². The molecular weight excluding hydrogens is 292 g/mol. The summed E-state index contributed by atoms with van der Waals surface area (Å²) in [6.45, 7) is 6.03. The number of hydrogen-bond donors (Lipinski definition) is 0. The Morgan fingerprint density at radius 1 is 0.783 bits per heavy atom. The molecule has 0 bridgehead atoms. The third kappa shape index (κ3) is 3.59. The van der Waals surface area contributed by atoms with Crippen molar-refractivity contribution < 1.29 is 19.1 Å². The summed E-state index contributed by atoms with van der Waals surface area (Å²) in [5, 5.41) is 0. The zero-order valence-corrected chi connectivity index (χ0v) is 13.6. The lowest BCUT2D eigenvalue weighted by atomic mass is 9.93. The molecule has 0 aliphatic rings. The van der Waals surface area contributed by atoms with Crippen LogP contribution in [0.2, 0.25) is 0 Å². The molecule has 2 rings (SSSR count). The van der Waals surface area contributed by atoms with Crippen molar-refractivity contribution in [1.82, 2.24) is 0 Å². The highest BCUT2D eigenvalue weighted by molar-refractivity contribution is 5.99. The van der Waals surface area contributed by atoms with Crippen LogP contribution in [0, 0.1) is 6.92 Å². The summed E-state index contributed by atoms with van der Waals surface area (Å²) >= 11 is 0. The summed E-state index contributed by atoms with van der Waals surface area (Å²) in [4.78, 5) is 24.2. The van der Waals surface area contributed by atoms with Crippen molar-refractivity contribution in [3.8, 4) is 11.1 Å². The molecule has 2 aromatic rings. The predicted octanol–water partition coefficient (Wildman–Crippen LogP) is 4.02. The second kappa shape index (κ2) is 7.58. The fourth-order valence-electron chi connectivity index (χ4n) is 2.46. The second-order valence-electron chi connectivity index (χ2n) is 4.96. The van der Waals surface area contributed by atoms with Gasteiger partial charge in [-0.2, -0.15) is 0 Å². The van der Waals surface area contributed by atoms with E-state index in [2.05, 4.69) is 0 Å². The zero-order valence-electron chi connectivity index (χ0n) is 13.6. The number of benzene rings is 2. The van der Waals surface area contributed by atoms with Crippen LogP contribution in [-0.4, -0.2) is 25.2 Å². The molecule has 0 atom stereocenters. The molecule has 0 aromatic heterocycles. The maximum absolute atomic E-state index is 12.2. The second-order valence-corrected chi connectivity index (χ2v) is 4.96. The third-order valence-electron chi connectivity index (χ3n) is 3.54. The summed E-state index contributed by atoms with van der Waals surface area (Å²) in [5.74, 6) is -0.732. The minimum absolute atomic E-state index is 0.314. The minimum atomic E-state index is -0.371. The lowest BCUT2D eigenvalue weighted by Crippen LogP contribution is -2.09. The molecule has 0 aliphatic heterocycles. The molecule has 0 aliphatic carbocycles. The first-order valence-corrected chi connectivity index (χ1v) is 7.63. The van der Waals surface area contributed by atoms with Gasteiger partial charge < -0.3 is 9.47 Å². The van der Waals surface area contributed by atoms with Gasteiger partial charge in [0.1, 0.15) is 0 Å². The van der Waals surface area contributed by atoms with Crippen LogP contribution in [0.4, 0.5) is 0 Å². The highest BCUT2D eigenvalue weighted by atomic mass is 16.5. The summed E-state index contributed by atoms with van der Waals surface area (Å²) in [6, 6.07) is 12.6. The largest absolute Gasteiger partial charge is 0.462 e. The Bertz CT molecular complexity index is 719. The quantitative estimate of drug-likeness (QED) is 0.783. The first-order valence-electron chi connectivity index (χ1n) is 7.63. The molecule has 0 saturated carbocycles. The van der Waals surface area contributed by atoms with Gasteiger partial charge >= 0.3 is 11.9 Å². The van der Waals surface area contributed by atoms with Crippen molar-refractivity contribution >= 4 is 11.9 Å². The fraction of sp³-hybridized carbons (Fsp3) is 0.263. The predicted molar refractivity (Wildman–Crippen MR) is 88.5 cm³/mol. The Hall–Kier alpha value is -2.62. The van der Waals surface area contributed by atoms with Gasteiger partial charge in [0.25, 0.3) is 0 Å². The Labute approximate surface area is 136 Å². The monoisotopic (exact) mass is 312 g/mol. The lowest BCUT2D eigenvalue weighted by Gasteiger charge is -2.13. The standard InChI is InChI=1S/C19H20O4/c1-4-22-18(20)15-12-8-11-14(13(15)3)16-9-6-7-10-17(16)19(21)23-5-2/h6-12H,4-5H2,1-3H3. The molecule has 0 unspecified atom stereocenters. The number of rotatable bonds is 5. The normalized spacial score (nSPS) is 10.2. The minimum Gasteiger partial charge on any atom is -0.462 e. The molecule has 120 valence electrons. The Morgan fingerprint density at radius 3 is 1.96 bits per heavy atom. The number of ether oxygens (including phenoxy) is 2. The van der Waals surface area contributed by atoms with E-state index in [4.69, 9.17) is 9.47 Å². The van der Waals surface area contributed by atoms with E-state index in [1.165, 1.54) is 0 Å². The third-order valence-corrected chi connectivity index (χ3v) is 3.54. The highest BCUT2D eigenvalue weighted by Gasteiger charge is 2.18. The van der Waals surface area contributed by atoms with E-state index in [1.54, 1.807) is 38.1 Å². The Kier molecular flexibility index (Phi) is 5.52. The summed E-state index contributed by atoms with van der Waals surface area (Å²) in [6.07, 6.45) is 0. The van der Waals surface area contributed by atoms with Gasteiger partial charge in [-0.1, -0.05) is 30.3 Å². The van der Waals surface area contributed by atoms with Crippen LogP contribution in [0.5, 0.6) is 0 Å². The van der Waals surface area contributed by atoms with Crippen LogP contribution < -0.4 is 0 Å². The van der Waals surface area contributed by atoms with Crippen molar-refractivity contribution in [3.05, 3.63) is 59.2 Å². The van der Waals surface area contributed by atoms with Gasteiger partial charge in [-0.3, -0.25) is 0 Å². The van der Waals surface area contributed by atoms with Crippen LogP contribution in [0.25, 0.3) is 11.1 Å². The number of hydrogen-bond acceptors (Lipinski definition) is 4. The zero-order chi connectivity index (χ0) is 16.8. The molecular formula is C19H20O4. The molecule has 4 nitrogen and oxygen atoms in total. The van der Waals surface area contributed by atoms with Gasteiger partial charge in [-0.25, -0.2) is 9.59 Å². The van der Waals surface area contributed by atoms with E-state index in [-0.39, 0.29) is 11.9 Å². The van der Waals surface area contributed by atoms with E-state index in [0.29, 0.717) is 24.3 Å². The first kappa shape index (κ1) is 16.7. The number of carbonyl (C=O) groups is 2. The van der Waals surface area contributed by atoms with Crippen molar-refractivity contribution in [2.45, 2.75) is 20.8 Å². The van der Waals surface area contributed by atoms with Crippen molar-refractivity contribution in [1.29, 1.82) is 0 Å². The molecule has 0 radical (unpaired) electrons. The van der Waals surface area contributed by atoms with Crippen LogP contribution in [0.15, 0.2) is 42.5 Å². The molecule has 0 N–H and O–H groups in total. The van der Waals surface area contributed by atoms with Crippen molar-refractivity contribution in [2.75, 3.05) is 13.2 Å². The van der Waals surface area contributed by atoms with Gasteiger partial charge in [-0.05, 0) is 49.6 Å². The summed E-state index contributed by atoms with van der Waals surface area (Å²) in [5.41, 5.74) is 3.33. The van der Waals surface area contributed by atoms with E-state index < -0.39 is 0 Å². The van der Waals surface area contributed by atoms with Gasteiger partial charge in [-0.15, -0.1) is 0 Å². The van der Waals surface area contributed by atoms with Gasteiger partial charge in [0.15, 0.2) is 0 Å². The average molecular weight is 312 g/mol. The molecule has 0 spiro atoms. The van der Waals surface area contributed by atoms with E-state index >= 15 is 0 Å². The molecule has 0 saturated heterocycles. The molecule has 0 amide bonds. The molecule has 0 fully saturated rings. The average Bonchev–Trinajstić information content (AvgIpc) is 2.55. The molecule has 4 heteroatoms. The summed E-state index contributed by atoms with van der Waals surface area (Å²) in [7, 11) is 0. The Morgan fingerprint density at radius 2 is 1.30 bits per heavy atom. The van der Waals surface area contributed by atoms with Gasteiger partial charge in [0, 0.05) is 0 Å². The lowest BCUT2D eigenvalue weighted by molar-refractivity contribution is 0.0517. The van der Waals surface area contributed by atoms with E-state index in [9.17, 15) is 9.59 Å².